The molecule has 0 aliphatic rings. The van der Waals surface area contributed by atoms with Crippen molar-refractivity contribution >= 4 is 8.41 Å². The topological polar surface area (TPSA) is 0 Å². The van der Waals surface area contributed by atoms with E-state index in [0.29, 0.717) is 0 Å². The fourth-order valence-corrected chi connectivity index (χ4v) is 0. The molecule has 0 N–H and O–H groups in total. The van der Waals surface area contributed by atoms with Crippen LogP contribution in [-0.2, 0) is 59.5 Å². The second-order valence-electron chi connectivity index (χ2n) is 0. The molecule has 0 aromatic carbocycles. The van der Waals surface area contributed by atoms with Crippen molar-refractivity contribution in [2.45, 2.75) is 0 Å². The van der Waals surface area contributed by atoms with Crippen LogP contribution in [-0.4, -0.2) is 8.41 Å². The van der Waals surface area contributed by atoms with E-state index in [4.69, 9.17) is 0 Å². The molecule has 0 rings (SSSR count). The monoisotopic (exact) mass is 221 g/mol. The first-order valence-electron chi connectivity index (χ1n) is 0. The maximum absolute atomic E-state index is 0. The summed E-state index contributed by atoms with van der Waals surface area (Å²) < 4.78 is 0. The molecule has 0 atom stereocenters. The van der Waals surface area contributed by atoms with Crippen molar-refractivity contribution in [3.8, 4) is 0 Å². The van der Waals surface area contributed by atoms with Crippen LogP contribution in [0.4, 0.5) is 0 Å². The average molecular weight is 223 g/mol. The van der Waals surface area contributed by atoms with Crippen LogP contribution < -0.4 is 0 Å². The zero-order chi connectivity index (χ0) is 0. The van der Waals surface area contributed by atoms with E-state index in [1.165, 1.54) is 0 Å². The zero-order valence-corrected chi connectivity index (χ0v) is 5.64. The molecule has 0 aromatic heterocycles. The molecule has 0 bridgehead atoms. The van der Waals surface area contributed by atoms with E-state index in [0.717, 1.165) is 0 Å². The van der Waals surface area contributed by atoms with Gasteiger partial charge in [-0.15, -0.1) is 0 Å². The van der Waals surface area contributed by atoms with Crippen LogP contribution in [0.15, 0.2) is 0 Å². The van der Waals surface area contributed by atoms with Crippen molar-refractivity contribution in [3.63, 3.8) is 0 Å². The Morgan fingerprint density at radius 2 is 1.00 bits per heavy atom. The predicted octanol–water partition coefficient (Wildman–Crippen LogP) is -1.19. The molecule has 0 aliphatic heterocycles. The Kier molecular flexibility index (Phi) is 195. The fraction of sp³-hybridized carbons (Fsp3) is 0. The zero-order valence-electron chi connectivity index (χ0n) is 1.15. The SMILES string of the molecule is B.[Co].[Ni].[Zr]. The maximum Gasteiger partial charge on any atom is 0.0814 e. The van der Waals surface area contributed by atoms with Gasteiger partial charge in [0.2, 0.25) is 0 Å². The van der Waals surface area contributed by atoms with Crippen LogP contribution in [0, 0.1) is 0 Å². The molecular weight excluding hydrogens is 220 g/mol. The van der Waals surface area contributed by atoms with Crippen LogP contribution in [0.5, 0.6) is 0 Å². The summed E-state index contributed by atoms with van der Waals surface area (Å²) in [5, 5.41) is 0. The van der Waals surface area contributed by atoms with Crippen molar-refractivity contribution in [1.82, 2.24) is 0 Å². The molecule has 0 aromatic rings. The molecular formula is H3BCoNiZr. The Morgan fingerprint density at radius 1 is 1.00 bits per heavy atom. The third-order valence-corrected chi connectivity index (χ3v) is 0. The minimum Gasteiger partial charge on any atom is 0 e. The van der Waals surface area contributed by atoms with Crippen molar-refractivity contribution in [2.24, 2.45) is 0 Å². The number of hydrogen-bond acceptors (Lipinski definition) is 0. The summed E-state index contributed by atoms with van der Waals surface area (Å²) in [5.74, 6) is 0. The summed E-state index contributed by atoms with van der Waals surface area (Å²) in [6.45, 7) is 0. The van der Waals surface area contributed by atoms with Gasteiger partial charge in [-0.05, 0) is 0 Å². The summed E-state index contributed by atoms with van der Waals surface area (Å²) in [4.78, 5) is 0. The summed E-state index contributed by atoms with van der Waals surface area (Å²) >= 11 is 0. The van der Waals surface area contributed by atoms with Gasteiger partial charge in [-0.2, -0.15) is 0 Å². The summed E-state index contributed by atoms with van der Waals surface area (Å²) in [6.07, 6.45) is 0. The Balaban J connectivity index is 0. The van der Waals surface area contributed by atoms with Crippen molar-refractivity contribution in [1.29, 1.82) is 0 Å². The molecule has 0 heterocycles. The van der Waals surface area contributed by atoms with Gasteiger partial charge in [-0.1, -0.05) is 0 Å². The van der Waals surface area contributed by atoms with Crippen LogP contribution >= 0.6 is 0 Å². The molecule has 0 fully saturated rings. The quantitative estimate of drug-likeness (QED) is 0.452. The smallest absolute Gasteiger partial charge is 0 e. The van der Waals surface area contributed by atoms with Gasteiger partial charge < -0.3 is 0 Å². The van der Waals surface area contributed by atoms with Crippen molar-refractivity contribution < 1.29 is 59.5 Å². The second kappa shape index (κ2) is 20.3. The largest absolute Gasteiger partial charge is 0.0814 e. The molecule has 0 saturated carbocycles. The van der Waals surface area contributed by atoms with Gasteiger partial charge in [0, 0.05) is 59.5 Å². The minimum absolute atomic E-state index is 0. The van der Waals surface area contributed by atoms with Gasteiger partial charge in [0.05, 0.1) is 8.41 Å². The molecule has 0 nitrogen and oxygen atoms in total. The van der Waals surface area contributed by atoms with Crippen molar-refractivity contribution in [2.75, 3.05) is 0 Å². The first-order chi connectivity index (χ1) is 0. The molecule has 0 amide bonds. The molecule has 29 valence electrons. The Bertz CT molecular complexity index is 8.00. The van der Waals surface area contributed by atoms with Gasteiger partial charge in [0.1, 0.15) is 0 Å². The molecule has 0 spiro atoms. The third kappa shape index (κ3) is 9.04. The molecule has 0 aliphatic carbocycles. The van der Waals surface area contributed by atoms with Crippen molar-refractivity contribution in [3.05, 3.63) is 0 Å². The van der Waals surface area contributed by atoms with Crippen LogP contribution in [0.25, 0.3) is 0 Å². The summed E-state index contributed by atoms with van der Waals surface area (Å²) in [6, 6.07) is 0. The molecule has 1 radical (unpaired) electrons. The van der Waals surface area contributed by atoms with Crippen LogP contribution in [0.2, 0.25) is 0 Å². The molecule has 4 heavy (non-hydrogen) atoms. The fourth-order valence-electron chi connectivity index (χ4n) is 0. The minimum atomic E-state index is 0. The van der Waals surface area contributed by atoms with E-state index >= 15 is 0 Å². The van der Waals surface area contributed by atoms with E-state index in [1.807, 2.05) is 0 Å². The van der Waals surface area contributed by atoms with E-state index in [9.17, 15) is 0 Å². The third-order valence-electron chi connectivity index (χ3n) is 0. The van der Waals surface area contributed by atoms with Gasteiger partial charge in [-0.25, -0.2) is 0 Å². The maximum atomic E-state index is 0. The van der Waals surface area contributed by atoms with Gasteiger partial charge >= 0.3 is 0 Å². The van der Waals surface area contributed by atoms with E-state index < -0.39 is 0 Å². The van der Waals surface area contributed by atoms with E-state index in [2.05, 4.69) is 0 Å². The summed E-state index contributed by atoms with van der Waals surface area (Å²) in [7, 11) is 0. The number of hydrogen-bond donors (Lipinski definition) is 0. The number of rotatable bonds is 0. The molecule has 4 heteroatoms. The van der Waals surface area contributed by atoms with Gasteiger partial charge in [-0.3, -0.25) is 0 Å². The average Bonchev–Trinajstić information content (AvgIpc) is 0. The normalized spacial score (nSPS) is 0. The van der Waals surface area contributed by atoms with E-state index in [-0.39, 0.29) is 67.9 Å². The Labute approximate surface area is 67.3 Å². The standard InChI is InChI=1S/BH3.Co.Ni.Zr/h1H3;;;. The molecule has 0 saturated heterocycles. The second-order valence-corrected chi connectivity index (χ2v) is 0. The van der Waals surface area contributed by atoms with Gasteiger partial charge in [0.15, 0.2) is 0 Å². The first-order valence-corrected chi connectivity index (χ1v) is 0. The van der Waals surface area contributed by atoms with Crippen LogP contribution in [0.1, 0.15) is 0 Å². The van der Waals surface area contributed by atoms with Crippen LogP contribution in [0.3, 0.4) is 0 Å². The predicted molar refractivity (Wildman–Crippen MR) is 9.94 cm³/mol. The molecule has 0 unspecified atom stereocenters. The first kappa shape index (κ1) is 38.4. The van der Waals surface area contributed by atoms with E-state index in [1.54, 1.807) is 0 Å². The summed E-state index contributed by atoms with van der Waals surface area (Å²) in [5.41, 5.74) is 0. The Hall–Kier alpha value is 1.95. The van der Waals surface area contributed by atoms with Gasteiger partial charge in [0.25, 0.3) is 0 Å². The Morgan fingerprint density at radius 3 is 1.00 bits per heavy atom.